The fourth-order valence-electron chi connectivity index (χ4n) is 2.61. The topological polar surface area (TPSA) is 94.6 Å². The van der Waals surface area contributed by atoms with E-state index in [1.54, 1.807) is 6.92 Å². The molecule has 2 N–H and O–H groups in total. The molecule has 0 saturated heterocycles. The van der Waals surface area contributed by atoms with Crippen LogP contribution in [0.1, 0.15) is 25.3 Å². The van der Waals surface area contributed by atoms with Gasteiger partial charge in [0, 0.05) is 0 Å². The predicted octanol–water partition coefficient (Wildman–Crippen LogP) is 3.27. The van der Waals surface area contributed by atoms with Gasteiger partial charge in [-0.3, -0.25) is 0 Å². The highest BCUT2D eigenvalue weighted by Crippen LogP contribution is 2.40. The van der Waals surface area contributed by atoms with Gasteiger partial charge >= 0.3 is 12.1 Å². The maximum Gasteiger partial charge on any atom is 0.422 e. The van der Waals surface area contributed by atoms with E-state index in [0.717, 1.165) is 0 Å². The van der Waals surface area contributed by atoms with Crippen LogP contribution in [0, 0.1) is 11.3 Å². The van der Waals surface area contributed by atoms with Gasteiger partial charge in [-0.2, -0.15) is 18.4 Å². The van der Waals surface area contributed by atoms with Gasteiger partial charge in [0.05, 0.1) is 18.1 Å². The highest BCUT2D eigenvalue weighted by molar-refractivity contribution is 5.92. The first-order chi connectivity index (χ1) is 12.7. The second-order valence-corrected chi connectivity index (χ2v) is 5.59. The number of allylic oxidation sites excluding steroid dienone is 2. The number of hydrogen-bond donors (Lipinski definition) is 1. The fourth-order valence-corrected chi connectivity index (χ4v) is 2.61. The Morgan fingerprint density at radius 2 is 1.96 bits per heavy atom. The third kappa shape index (κ3) is 4.73. The van der Waals surface area contributed by atoms with Gasteiger partial charge in [0.25, 0.3) is 0 Å². The maximum atomic E-state index is 12.4. The molecule has 0 aromatic heterocycles. The number of nitrogens with zero attached hydrogens (tertiary/aromatic N) is 1. The smallest absolute Gasteiger partial charge is 0.422 e. The minimum Gasteiger partial charge on any atom is -0.484 e. The molecular weight excluding hydrogens is 365 g/mol. The van der Waals surface area contributed by atoms with Crippen LogP contribution in [0.2, 0.25) is 0 Å². The first-order valence-electron chi connectivity index (χ1n) is 7.93. The van der Waals surface area contributed by atoms with Gasteiger partial charge in [-0.15, -0.1) is 0 Å². The number of halogens is 3. The lowest BCUT2D eigenvalue weighted by Crippen LogP contribution is -2.25. The van der Waals surface area contributed by atoms with E-state index < -0.39 is 24.7 Å². The Kier molecular flexibility index (Phi) is 6.00. The molecule has 2 rings (SSSR count). The van der Waals surface area contributed by atoms with E-state index in [1.807, 2.05) is 6.07 Å². The molecule has 1 aliphatic rings. The minimum absolute atomic E-state index is 0.00280. The van der Waals surface area contributed by atoms with E-state index in [9.17, 15) is 23.2 Å². The van der Waals surface area contributed by atoms with Crippen molar-refractivity contribution in [2.75, 3.05) is 13.2 Å². The maximum absolute atomic E-state index is 12.4. The second kappa shape index (κ2) is 8.03. The normalized spacial score (nSPS) is 17.3. The summed E-state index contributed by atoms with van der Waals surface area (Å²) in [4.78, 5) is 12.4. The zero-order chi connectivity index (χ0) is 20.2. The number of carbonyl (C=O) groups is 1. The highest BCUT2D eigenvalue weighted by atomic mass is 19.4. The summed E-state index contributed by atoms with van der Waals surface area (Å²) in [7, 11) is 0. The van der Waals surface area contributed by atoms with Crippen molar-refractivity contribution in [1.29, 1.82) is 5.26 Å². The third-order valence-electron chi connectivity index (χ3n) is 3.72. The van der Waals surface area contributed by atoms with Crippen LogP contribution in [0.5, 0.6) is 5.75 Å². The first-order valence-corrected chi connectivity index (χ1v) is 7.93. The van der Waals surface area contributed by atoms with Crippen LogP contribution in [-0.2, 0) is 14.3 Å². The zero-order valence-electron chi connectivity index (χ0n) is 14.6. The Balaban J connectivity index is 2.40. The number of esters is 1. The second-order valence-electron chi connectivity index (χ2n) is 5.59. The Labute approximate surface area is 153 Å². The molecule has 27 heavy (non-hydrogen) atoms. The Hall–Kier alpha value is -3.15. The van der Waals surface area contributed by atoms with Crippen molar-refractivity contribution < 1.29 is 32.2 Å². The SMILES string of the molecule is CCOC(=O)C1=C(C)OC(N)=C(C#N)C1c1ccc(OCC(F)(F)F)cc1. The molecule has 0 radical (unpaired) electrons. The van der Waals surface area contributed by atoms with Crippen LogP contribution >= 0.6 is 0 Å². The Morgan fingerprint density at radius 1 is 1.33 bits per heavy atom. The number of nitrogens with two attached hydrogens (primary N) is 1. The summed E-state index contributed by atoms with van der Waals surface area (Å²) < 4.78 is 51.7. The monoisotopic (exact) mass is 382 g/mol. The van der Waals surface area contributed by atoms with E-state index in [-0.39, 0.29) is 35.1 Å². The number of ether oxygens (including phenoxy) is 3. The molecular formula is C18H17F3N2O4. The molecule has 0 spiro atoms. The molecule has 1 atom stereocenters. The minimum atomic E-state index is -4.46. The highest BCUT2D eigenvalue weighted by Gasteiger charge is 2.36. The van der Waals surface area contributed by atoms with Gasteiger partial charge < -0.3 is 19.9 Å². The van der Waals surface area contributed by atoms with Crippen LogP contribution < -0.4 is 10.5 Å². The van der Waals surface area contributed by atoms with Crippen molar-refractivity contribution in [1.82, 2.24) is 0 Å². The molecule has 1 aromatic rings. The Bertz CT molecular complexity index is 820. The van der Waals surface area contributed by atoms with Gasteiger partial charge in [0.1, 0.15) is 23.2 Å². The standard InChI is InChI=1S/C18H17F3N2O4/c1-3-25-17(24)14-10(2)27-16(23)13(8-22)15(14)11-4-6-12(7-5-11)26-9-18(19,20)21/h4-7,15H,3,9,23H2,1-2H3. The number of alkyl halides is 3. The van der Waals surface area contributed by atoms with Crippen molar-refractivity contribution in [2.24, 2.45) is 5.73 Å². The van der Waals surface area contributed by atoms with Crippen molar-refractivity contribution in [3.63, 3.8) is 0 Å². The average Bonchev–Trinajstić information content (AvgIpc) is 2.59. The quantitative estimate of drug-likeness (QED) is 0.786. The zero-order valence-corrected chi connectivity index (χ0v) is 14.6. The van der Waals surface area contributed by atoms with E-state index >= 15 is 0 Å². The van der Waals surface area contributed by atoms with E-state index in [1.165, 1.54) is 31.2 Å². The van der Waals surface area contributed by atoms with Gasteiger partial charge in [-0.25, -0.2) is 4.79 Å². The summed E-state index contributed by atoms with van der Waals surface area (Å²) >= 11 is 0. The van der Waals surface area contributed by atoms with Crippen LogP contribution in [0.3, 0.4) is 0 Å². The first kappa shape index (κ1) is 20.2. The molecule has 9 heteroatoms. The number of rotatable bonds is 5. The molecule has 1 heterocycles. The van der Waals surface area contributed by atoms with Crippen LogP contribution in [0.15, 0.2) is 47.1 Å². The summed E-state index contributed by atoms with van der Waals surface area (Å²) in [6, 6.07) is 7.47. The molecule has 1 aromatic carbocycles. The molecule has 0 aliphatic carbocycles. The van der Waals surface area contributed by atoms with E-state index in [0.29, 0.717) is 5.56 Å². The molecule has 0 saturated carbocycles. The van der Waals surface area contributed by atoms with Crippen LogP contribution in [0.4, 0.5) is 13.2 Å². The van der Waals surface area contributed by atoms with E-state index in [2.05, 4.69) is 4.74 Å². The van der Waals surface area contributed by atoms with E-state index in [4.69, 9.17) is 15.2 Å². The van der Waals surface area contributed by atoms with Crippen molar-refractivity contribution in [3.05, 3.63) is 52.6 Å². The van der Waals surface area contributed by atoms with Crippen LogP contribution in [-0.4, -0.2) is 25.4 Å². The molecule has 6 nitrogen and oxygen atoms in total. The Morgan fingerprint density at radius 3 is 2.48 bits per heavy atom. The number of carbonyl (C=O) groups excluding carboxylic acids is 1. The summed E-state index contributed by atoms with van der Waals surface area (Å²) in [5, 5.41) is 9.44. The molecule has 1 aliphatic heterocycles. The van der Waals surface area contributed by atoms with Crippen LogP contribution in [0.25, 0.3) is 0 Å². The van der Waals surface area contributed by atoms with Gasteiger partial charge in [-0.05, 0) is 31.5 Å². The molecule has 144 valence electrons. The van der Waals surface area contributed by atoms with Crippen molar-refractivity contribution >= 4 is 5.97 Å². The molecule has 0 amide bonds. The van der Waals surface area contributed by atoms with Crippen molar-refractivity contribution in [2.45, 2.75) is 25.9 Å². The van der Waals surface area contributed by atoms with Crippen molar-refractivity contribution in [3.8, 4) is 11.8 Å². The number of benzene rings is 1. The summed E-state index contributed by atoms with van der Waals surface area (Å²) in [6.07, 6.45) is -4.46. The molecule has 1 unspecified atom stereocenters. The van der Waals surface area contributed by atoms with Gasteiger partial charge in [-0.1, -0.05) is 12.1 Å². The summed E-state index contributed by atoms with van der Waals surface area (Å²) in [5.74, 6) is -1.49. The fraction of sp³-hybridized carbons (Fsp3) is 0.333. The number of hydrogen-bond acceptors (Lipinski definition) is 6. The lowest BCUT2D eigenvalue weighted by atomic mass is 9.83. The predicted molar refractivity (Wildman–Crippen MR) is 88.0 cm³/mol. The largest absolute Gasteiger partial charge is 0.484 e. The summed E-state index contributed by atoms with van der Waals surface area (Å²) in [5.41, 5.74) is 6.34. The molecule has 0 bridgehead atoms. The van der Waals surface area contributed by atoms with Gasteiger partial charge in [0.2, 0.25) is 5.88 Å². The lowest BCUT2D eigenvalue weighted by molar-refractivity contribution is -0.153. The van der Waals surface area contributed by atoms with Gasteiger partial charge in [0.15, 0.2) is 6.61 Å². The molecule has 0 fully saturated rings. The average molecular weight is 382 g/mol. The third-order valence-corrected chi connectivity index (χ3v) is 3.72. The summed E-state index contributed by atoms with van der Waals surface area (Å²) in [6.45, 7) is 1.84. The lowest BCUT2D eigenvalue weighted by Gasteiger charge is -2.26. The number of nitriles is 1.